The Morgan fingerprint density at radius 2 is 1.95 bits per heavy atom. The number of rotatable bonds is 3. The van der Waals surface area contributed by atoms with E-state index in [1.807, 2.05) is 25.1 Å². The Morgan fingerprint density at radius 3 is 2.58 bits per heavy atom. The summed E-state index contributed by atoms with van der Waals surface area (Å²) in [6, 6.07) is 5.74. The first-order chi connectivity index (χ1) is 9.17. The van der Waals surface area contributed by atoms with Crippen LogP contribution < -0.4 is 4.74 Å². The zero-order valence-electron chi connectivity index (χ0n) is 11.5. The molecular formula is C16H20O3. The maximum absolute atomic E-state index is 12.6. The van der Waals surface area contributed by atoms with Crippen molar-refractivity contribution in [3.05, 3.63) is 29.3 Å². The van der Waals surface area contributed by atoms with Gasteiger partial charge in [-0.15, -0.1) is 0 Å². The normalized spacial score (nSPS) is 29.3. The number of carbonyl (C=O) groups excluding carboxylic acids is 1. The highest BCUT2D eigenvalue weighted by Crippen LogP contribution is 2.37. The molecular weight excluding hydrogens is 240 g/mol. The van der Waals surface area contributed by atoms with Gasteiger partial charge in [0.15, 0.2) is 5.78 Å². The van der Waals surface area contributed by atoms with Crippen LogP contribution in [0, 0.1) is 12.8 Å². The molecule has 2 heterocycles. The van der Waals surface area contributed by atoms with Crippen molar-refractivity contribution in [2.45, 2.75) is 44.8 Å². The van der Waals surface area contributed by atoms with E-state index in [-0.39, 0.29) is 11.7 Å². The van der Waals surface area contributed by atoms with E-state index in [1.165, 1.54) is 0 Å². The number of hydrogen-bond acceptors (Lipinski definition) is 3. The van der Waals surface area contributed by atoms with Crippen LogP contribution in [-0.2, 0) is 4.74 Å². The number of aryl methyl sites for hydroxylation is 1. The zero-order valence-corrected chi connectivity index (χ0v) is 11.5. The van der Waals surface area contributed by atoms with Gasteiger partial charge in [-0.05, 0) is 44.2 Å². The van der Waals surface area contributed by atoms with E-state index in [0.29, 0.717) is 12.2 Å². The van der Waals surface area contributed by atoms with E-state index in [2.05, 4.69) is 0 Å². The van der Waals surface area contributed by atoms with Crippen molar-refractivity contribution in [2.75, 3.05) is 7.11 Å². The summed E-state index contributed by atoms with van der Waals surface area (Å²) in [5, 5.41) is 0. The zero-order chi connectivity index (χ0) is 13.4. The summed E-state index contributed by atoms with van der Waals surface area (Å²) < 4.78 is 11.1. The SMILES string of the molecule is COc1cc(C(=O)C2CC3CCC(C2)O3)ccc1C. The fourth-order valence-electron chi connectivity index (χ4n) is 3.28. The number of fused-ring (bicyclic) bond motifs is 2. The monoisotopic (exact) mass is 260 g/mol. The summed E-state index contributed by atoms with van der Waals surface area (Å²) in [5.74, 6) is 1.16. The molecule has 2 fully saturated rings. The lowest BCUT2D eigenvalue weighted by Crippen LogP contribution is -2.30. The first kappa shape index (κ1) is 12.7. The highest BCUT2D eigenvalue weighted by atomic mass is 16.5. The van der Waals surface area contributed by atoms with Crippen molar-refractivity contribution in [3.8, 4) is 5.75 Å². The maximum Gasteiger partial charge on any atom is 0.166 e. The van der Waals surface area contributed by atoms with Gasteiger partial charge in [0.05, 0.1) is 19.3 Å². The first-order valence-corrected chi connectivity index (χ1v) is 7.01. The van der Waals surface area contributed by atoms with Crippen molar-refractivity contribution in [1.29, 1.82) is 0 Å². The average molecular weight is 260 g/mol. The Morgan fingerprint density at radius 1 is 1.26 bits per heavy atom. The predicted molar refractivity (Wildman–Crippen MR) is 72.7 cm³/mol. The third-order valence-corrected chi connectivity index (χ3v) is 4.35. The molecule has 0 amide bonds. The number of benzene rings is 1. The van der Waals surface area contributed by atoms with Crippen LogP contribution in [0.1, 0.15) is 41.6 Å². The number of methoxy groups -OCH3 is 1. The van der Waals surface area contributed by atoms with Crippen molar-refractivity contribution >= 4 is 5.78 Å². The number of Topliss-reactive ketones (excluding diaryl/α,β-unsaturated/α-hetero) is 1. The highest BCUT2D eigenvalue weighted by molar-refractivity contribution is 5.98. The van der Waals surface area contributed by atoms with Crippen LogP contribution in [0.5, 0.6) is 5.75 Å². The standard InChI is InChI=1S/C16H20O3/c1-10-3-4-11(9-15(10)18-2)16(17)12-7-13-5-6-14(8-12)19-13/h3-4,9,12-14H,5-8H2,1-2H3. The molecule has 2 unspecified atom stereocenters. The third kappa shape index (κ3) is 2.39. The smallest absolute Gasteiger partial charge is 0.166 e. The van der Waals surface area contributed by atoms with E-state index < -0.39 is 0 Å². The van der Waals surface area contributed by atoms with Gasteiger partial charge in [-0.25, -0.2) is 0 Å². The minimum absolute atomic E-state index is 0.124. The lowest BCUT2D eigenvalue weighted by atomic mass is 9.87. The van der Waals surface area contributed by atoms with E-state index in [9.17, 15) is 4.79 Å². The second-order valence-electron chi connectivity index (χ2n) is 5.67. The number of hydrogen-bond donors (Lipinski definition) is 0. The molecule has 0 radical (unpaired) electrons. The summed E-state index contributed by atoms with van der Waals surface area (Å²) >= 11 is 0. The van der Waals surface area contributed by atoms with Crippen LogP contribution >= 0.6 is 0 Å². The lowest BCUT2D eigenvalue weighted by Gasteiger charge is -2.27. The van der Waals surface area contributed by atoms with Gasteiger partial charge in [0.1, 0.15) is 5.75 Å². The molecule has 0 spiro atoms. The Labute approximate surface area is 113 Å². The van der Waals surface area contributed by atoms with Crippen LogP contribution in [0.15, 0.2) is 18.2 Å². The molecule has 3 rings (SSSR count). The fraction of sp³-hybridized carbons (Fsp3) is 0.562. The molecule has 1 aromatic carbocycles. The van der Waals surface area contributed by atoms with Gasteiger partial charge in [-0.1, -0.05) is 12.1 Å². The third-order valence-electron chi connectivity index (χ3n) is 4.35. The fourth-order valence-corrected chi connectivity index (χ4v) is 3.28. The molecule has 0 aliphatic carbocycles. The summed E-state index contributed by atoms with van der Waals surface area (Å²) in [6.45, 7) is 1.99. The van der Waals surface area contributed by atoms with Crippen molar-refractivity contribution < 1.29 is 14.3 Å². The number of ketones is 1. The Hall–Kier alpha value is -1.35. The number of carbonyl (C=O) groups is 1. The molecule has 2 aliphatic heterocycles. The Balaban J connectivity index is 1.80. The minimum atomic E-state index is 0.124. The maximum atomic E-state index is 12.6. The minimum Gasteiger partial charge on any atom is -0.496 e. The predicted octanol–water partition coefficient (Wildman–Crippen LogP) is 3.14. The summed E-state index contributed by atoms with van der Waals surface area (Å²) in [7, 11) is 1.64. The van der Waals surface area contributed by atoms with E-state index >= 15 is 0 Å². The molecule has 3 heteroatoms. The van der Waals surface area contributed by atoms with Gasteiger partial charge in [-0.2, -0.15) is 0 Å². The van der Waals surface area contributed by atoms with E-state index in [0.717, 1.165) is 42.6 Å². The molecule has 2 bridgehead atoms. The van der Waals surface area contributed by atoms with Crippen molar-refractivity contribution in [1.82, 2.24) is 0 Å². The average Bonchev–Trinajstić information content (AvgIpc) is 2.77. The second-order valence-corrected chi connectivity index (χ2v) is 5.67. The first-order valence-electron chi connectivity index (χ1n) is 7.01. The molecule has 2 atom stereocenters. The van der Waals surface area contributed by atoms with E-state index in [1.54, 1.807) is 7.11 Å². The molecule has 2 aliphatic rings. The lowest BCUT2D eigenvalue weighted by molar-refractivity contribution is -0.0149. The van der Waals surface area contributed by atoms with Crippen molar-refractivity contribution in [2.24, 2.45) is 5.92 Å². The van der Waals surface area contributed by atoms with Crippen LogP contribution in [0.4, 0.5) is 0 Å². The van der Waals surface area contributed by atoms with Crippen LogP contribution in [0.25, 0.3) is 0 Å². The highest BCUT2D eigenvalue weighted by Gasteiger charge is 2.38. The molecule has 19 heavy (non-hydrogen) atoms. The largest absolute Gasteiger partial charge is 0.496 e. The summed E-state index contributed by atoms with van der Waals surface area (Å²) in [6.07, 6.45) is 4.61. The van der Waals surface area contributed by atoms with Crippen LogP contribution in [0.3, 0.4) is 0 Å². The molecule has 3 nitrogen and oxygen atoms in total. The van der Waals surface area contributed by atoms with Gasteiger partial charge in [0.25, 0.3) is 0 Å². The Bertz CT molecular complexity index is 483. The summed E-state index contributed by atoms with van der Waals surface area (Å²) in [4.78, 5) is 12.6. The molecule has 1 aromatic rings. The van der Waals surface area contributed by atoms with Crippen LogP contribution in [0.2, 0.25) is 0 Å². The van der Waals surface area contributed by atoms with Gasteiger partial charge >= 0.3 is 0 Å². The Kier molecular flexibility index (Phi) is 3.31. The molecule has 2 saturated heterocycles. The van der Waals surface area contributed by atoms with E-state index in [4.69, 9.17) is 9.47 Å². The quantitative estimate of drug-likeness (QED) is 0.783. The van der Waals surface area contributed by atoms with Gasteiger partial charge in [0, 0.05) is 11.5 Å². The molecule has 0 saturated carbocycles. The molecule has 0 aromatic heterocycles. The molecule has 0 N–H and O–H groups in total. The van der Waals surface area contributed by atoms with Crippen LogP contribution in [-0.4, -0.2) is 25.1 Å². The summed E-state index contributed by atoms with van der Waals surface area (Å²) in [5.41, 5.74) is 1.83. The van der Waals surface area contributed by atoms with Gasteiger partial charge in [0.2, 0.25) is 0 Å². The van der Waals surface area contributed by atoms with Gasteiger partial charge < -0.3 is 9.47 Å². The molecule has 102 valence electrons. The van der Waals surface area contributed by atoms with Crippen molar-refractivity contribution in [3.63, 3.8) is 0 Å². The second kappa shape index (κ2) is 4.97. The number of ether oxygens (including phenoxy) is 2. The van der Waals surface area contributed by atoms with Gasteiger partial charge in [-0.3, -0.25) is 4.79 Å². The topological polar surface area (TPSA) is 35.5 Å².